The zero-order valence-electron chi connectivity index (χ0n) is 9.07. The molecule has 0 saturated heterocycles. The zero-order valence-corrected chi connectivity index (χ0v) is 9.88. The number of carbonyl (C=O) groups excluding carboxylic acids is 1. The molecule has 82 valence electrons. The lowest BCUT2D eigenvalue weighted by molar-refractivity contribution is 0.0967. The lowest BCUT2D eigenvalue weighted by Crippen LogP contribution is -2.15. The molecule has 2 aromatic rings. The van der Waals surface area contributed by atoms with Gasteiger partial charge in [-0.15, -0.1) is 11.3 Å². The summed E-state index contributed by atoms with van der Waals surface area (Å²) in [5, 5.41) is 2.63. The Morgan fingerprint density at radius 1 is 1.19 bits per heavy atom. The van der Waals surface area contributed by atoms with E-state index in [1.165, 1.54) is 10.4 Å². The Morgan fingerprint density at radius 2 is 1.94 bits per heavy atom. The number of thiophene rings is 1. The van der Waals surface area contributed by atoms with Crippen molar-refractivity contribution in [2.24, 2.45) is 0 Å². The van der Waals surface area contributed by atoms with Gasteiger partial charge in [-0.3, -0.25) is 4.79 Å². The first kappa shape index (κ1) is 10.9. The van der Waals surface area contributed by atoms with Crippen molar-refractivity contribution in [2.45, 2.75) is 6.42 Å². The van der Waals surface area contributed by atoms with Crippen molar-refractivity contribution in [1.82, 2.24) is 5.32 Å². The smallest absolute Gasteiger partial charge is 0.261 e. The number of nitrogens with one attached hydrogen (secondary N) is 1. The third-order valence-corrected chi connectivity index (χ3v) is 3.42. The van der Waals surface area contributed by atoms with Crippen LogP contribution < -0.4 is 5.32 Å². The number of benzene rings is 1. The lowest BCUT2D eigenvalue weighted by atomic mass is 10.1. The Kier molecular flexibility index (Phi) is 3.37. The van der Waals surface area contributed by atoms with Gasteiger partial charge >= 0.3 is 0 Å². The molecule has 1 aromatic carbocycles. The average Bonchev–Trinajstić information content (AvgIpc) is 2.78. The number of carbonyl (C=O) groups is 1. The number of hydrogen-bond acceptors (Lipinski definition) is 2. The first-order valence-electron chi connectivity index (χ1n) is 5.14. The Hall–Kier alpha value is -1.61. The van der Waals surface area contributed by atoms with Gasteiger partial charge in [0.2, 0.25) is 0 Å². The molecule has 0 spiro atoms. The van der Waals surface area contributed by atoms with E-state index in [9.17, 15) is 4.79 Å². The van der Waals surface area contributed by atoms with Gasteiger partial charge in [0.25, 0.3) is 5.91 Å². The first-order chi connectivity index (χ1) is 7.79. The maximum Gasteiger partial charge on any atom is 0.261 e. The third-order valence-electron chi connectivity index (χ3n) is 2.33. The van der Waals surface area contributed by atoms with Crippen LogP contribution in [-0.2, 0) is 6.42 Å². The van der Waals surface area contributed by atoms with Gasteiger partial charge < -0.3 is 5.32 Å². The van der Waals surface area contributed by atoms with Crippen LogP contribution in [0.25, 0.3) is 0 Å². The van der Waals surface area contributed by atoms with Crippen LogP contribution in [0.1, 0.15) is 20.1 Å². The summed E-state index contributed by atoms with van der Waals surface area (Å²) in [6, 6.07) is 14.2. The van der Waals surface area contributed by atoms with Gasteiger partial charge in [-0.1, -0.05) is 30.3 Å². The molecule has 2 nitrogen and oxygen atoms in total. The summed E-state index contributed by atoms with van der Waals surface area (Å²) in [5.74, 6) is -0.00990. The Labute approximate surface area is 98.9 Å². The second kappa shape index (κ2) is 4.94. The normalized spacial score (nSPS) is 10.1. The molecule has 1 aromatic heterocycles. The third kappa shape index (κ3) is 2.49. The summed E-state index contributed by atoms with van der Waals surface area (Å²) in [7, 11) is 1.65. The van der Waals surface area contributed by atoms with Crippen molar-refractivity contribution in [1.29, 1.82) is 0 Å². The minimum absolute atomic E-state index is 0.00990. The van der Waals surface area contributed by atoms with Gasteiger partial charge in [0.05, 0.1) is 4.88 Å². The monoisotopic (exact) mass is 231 g/mol. The van der Waals surface area contributed by atoms with Crippen molar-refractivity contribution in [3.8, 4) is 0 Å². The molecule has 0 bridgehead atoms. The fourth-order valence-electron chi connectivity index (χ4n) is 1.52. The minimum atomic E-state index is -0.00990. The molecule has 0 saturated carbocycles. The van der Waals surface area contributed by atoms with E-state index < -0.39 is 0 Å². The predicted molar refractivity (Wildman–Crippen MR) is 67.0 cm³/mol. The van der Waals surface area contributed by atoms with Gasteiger partial charge in [0, 0.05) is 18.3 Å². The van der Waals surface area contributed by atoms with E-state index in [-0.39, 0.29) is 5.91 Å². The van der Waals surface area contributed by atoms with Gasteiger partial charge in [-0.2, -0.15) is 0 Å². The molecule has 0 atom stereocenters. The summed E-state index contributed by atoms with van der Waals surface area (Å²) < 4.78 is 0. The fraction of sp³-hybridized carbons (Fsp3) is 0.154. The van der Waals surface area contributed by atoms with Crippen molar-refractivity contribution >= 4 is 17.2 Å². The Balaban J connectivity index is 2.12. The van der Waals surface area contributed by atoms with E-state index in [1.54, 1.807) is 18.4 Å². The average molecular weight is 231 g/mol. The fourth-order valence-corrected chi connectivity index (χ4v) is 2.50. The van der Waals surface area contributed by atoms with Gasteiger partial charge in [0.15, 0.2) is 0 Å². The van der Waals surface area contributed by atoms with E-state index in [2.05, 4.69) is 17.4 Å². The largest absolute Gasteiger partial charge is 0.354 e. The second-order valence-electron chi connectivity index (χ2n) is 3.51. The van der Waals surface area contributed by atoms with E-state index in [1.807, 2.05) is 30.3 Å². The molecular weight excluding hydrogens is 218 g/mol. The highest BCUT2D eigenvalue weighted by Crippen LogP contribution is 2.19. The molecule has 1 N–H and O–H groups in total. The van der Waals surface area contributed by atoms with Gasteiger partial charge in [-0.25, -0.2) is 0 Å². The molecule has 0 radical (unpaired) electrons. The highest BCUT2D eigenvalue weighted by Gasteiger charge is 2.07. The number of amides is 1. The van der Waals surface area contributed by atoms with Crippen LogP contribution in [0.5, 0.6) is 0 Å². The molecule has 1 heterocycles. The van der Waals surface area contributed by atoms with E-state index in [0.717, 1.165) is 11.3 Å². The predicted octanol–water partition coefficient (Wildman–Crippen LogP) is 2.70. The summed E-state index contributed by atoms with van der Waals surface area (Å²) in [4.78, 5) is 13.4. The molecule has 0 aliphatic heterocycles. The summed E-state index contributed by atoms with van der Waals surface area (Å²) in [6.45, 7) is 0. The maximum absolute atomic E-state index is 11.4. The highest BCUT2D eigenvalue weighted by atomic mass is 32.1. The molecule has 0 aliphatic carbocycles. The summed E-state index contributed by atoms with van der Waals surface area (Å²) in [5.41, 5.74) is 1.27. The maximum atomic E-state index is 11.4. The van der Waals surface area contributed by atoms with Crippen LogP contribution in [0.15, 0.2) is 42.5 Å². The standard InChI is InChI=1S/C13H13NOS/c1-14-13(15)12-8-7-11(16-12)9-10-5-3-2-4-6-10/h2-8H,9H2,1H3,(H,14,15). The molecule has 1 amide bonds. The molecule has 2 rings (SSSR count). The van der Waals surface area contributed by atoms with Crippen LogP contribution in [0, 0.1) is 0 Å². The van der Waals surface area contributed by atoms with Crippen molar-refractivity contribution in [3.63, 3.8) is 0 Å². The molecule has 3 heteroatoms. The summed E-state index contributed by atoms with van der Waals surface area (Å²) in [6.07, 6.45) is 0.891. The van der Waals surface area contributed by atoms with Gasteiger partial charge in [-0.05, 0) is 17.7 Å². The molecule has 16 heavy (non-hydrogen) atoms. The molecule has 0 fully saturated rings. The highest BCUT2D eigenvalue weighted by molar-refractivity contribution is 7.14. The van der Waals surface area contributed by atoms with Crippen LogP contribution in [0.4, 0.5) is 0 Å². The molecule has 0 unspecified atom stereocenters. The number of rotatable bonds is 3. The summed E-state index contributed by atoms with van der Waals surface area (Å²) >= 11 is 1.55. The minimum Gasteiger partial charge on any atom is -0.354 e. The molecule has 0 aliphatic rings. The first-order valence-corrected chi connectivity index (χ1v) is 5.96. The van der Waals surface area contributed by atoms with Crippen molar-refractivity contribution < 1.29 is 4.79 Å². The Morgan fingerprint density at radius 3 is 2.62 bits per heavy atom. The van der Waals surface area contributed by atoms with Crippen molar-refractivity contribution in [3.05, 3.63) is 57.8 Å². The van der Waals surface area contributed by atoms with Crippen LogP contribution >= 0.6 is 11.3 Å². The van der Waals surface area contributed by atoms with Crippen LogP contribution in [0.3, 0.4) is 0 Å². The second-order valence-corrected chi connectivity index (χ2v) is 4.68. The topological polar surface area (TPSA) is 29.1 Å². The SMILES string of the molecule is CNC(=O)c1ccc(Cc2ccccc2)s1. The zero-order chi connectivity index (χ0) is 11.4. The Bertz CT molecular complexity index is 476. The van der Waals surface area contributed by atoms with E-state index in [0.29, 0.717) is 0 Å². The van der Waals surface area contributed by atoms with Crippen LogP contribution in [-0.4, -0.2) is 13.0 Å². The van der Waals surface area contributed by atoms with Gasteiger partial charge in [0.1, 0.15) is 0 Å². The molecular formula is C13H13NOS. The lowest BCUT2D eigenvalue weighted by Gasteiger charge is -1.97. The van der Waals surface area contributed by atoms with E-state index >= 15 is 0 Å². The van der Waals surface area contributed by atoms with Crippen LogP contribution in [0.2, 0.25) is 0 Å². The van der Waals surface area contributed by atoms with E-state index in [4.69, 9.17) is 0 Å². The number of hydrogen-bond donors (Lipinski definition) is 1. The van der Waals surface area contributed by atoms with Crippen molar-refractivity contribution in [2.75, 3.05) is 7.05 Å². The quantitative estimate of drug-likeness (QED) is 0.864.